The fourth-order valence-corrected chi connectivity index (χ4v) is 1.58. The molecule has 0 amide bonds. The van der Waals surface area contributed by atoms with E-state index in [1.807, 2.05) is 0 Å². The molecule has 0 aliphatic heterocycles. The summed E-state index contributed by atoms with van der Waals surface area (Å²) >= 11 is 0. The highest BCUT2D eigenvalue weighted by molar-refractivity contribution is 4.92. The normalized spacial score (nSPS) is 28.2. The van der Waals surface area contributed by atoms with E-state index in [0.717, 1.165) is 0 Å². The fraction of sp³-hybridized carbons (Fsp3) is 0.889. The summed E-state index contributed by atoms with van der Waals surface area (Å²) in [5.74, 6) is 0. The SMILES string of the molecule is CC(C)NC1CC(NCC#N)C1. The average Bonchev–Trinajstić information content (AvgIpc) is 1.93. The fourth-order valence-electron chi connectivity index (χ4n) is 1.58. The van der Waals surface area contributed by atoms with Crippen LogP contribution in [0.3, 0.4) is 0 Å². The molecular formula is C9H17N3. The number of nitrogens with one attached hydrogen (secondary N) is 2. The lowest BCUT2D eigenvalue weighted by atomic mass is 9.86. The van der Waals surface area contributed by atoms with E-state index in [0.29, 0.717) is 24.7 Å². The number of nitriles is 1. The minimum Gasteiger partial charge on any atom is -0.312 e. The van der Waals surface area contributed by atoms with Crippen molar-refractivity contribution in [3.05, 3.63) is 0 Å². The highest BCUT2D eigenvalue weighted by Gasteiger charge is 2.28. The van der Waals surface area contributed by atoms with Crippen LogP contribution in [0.1, 0.15) is 26.7 Å². The largest absolute Gasteiger partial charge is 0.312 e. The number of hydrogen-bond acceptors (Lipinski definition) is 3. The molecule has 0 saturated heterocycles. The first-order valence-corrected chi connectivity index (χ1v) is 4.58. The van der Waals surface area contributed by atoms with Gasteiger partial charge in [0.1, 0.15) is 0 Å². The number of hydrogen-bond donors (Lipinski definition) is 2. The molecule has 3 nitrogen and oxygen atoms in total. The topological polar surface area (TPSA) is 47.8 Å². The number of nitrogens with zero attached hydrogens (tertiary/aromatic N) is 1. The maximum absolute atomic E-state index is 8.32. The molecular weight excluding hydrogens is 150 g/mol. The molecule has 0 aromatic carbocycles. The van der Waals surface area contributed by atoms with Crippen molar-refractivity contribution in [2.75, 3.05) is 6.54 Å². The predicted octanol–water partition coefficient (Wildman–Crippen LogP) is 0.629. The third kappa shape index (κ3) is 2.80. The van der Waals surface area contributed by atoms with Crippen LogP contribution in [0.15, 0.2) is 0 Å². The van der Waals surface area contributed by atoms with Crippen LogP contribution in [0.2, 0.25) is 0 Å². The van der Waals surface area contributed by atoms with E-state index in [9.17, 15) is 0 Å². The molecule has 12 heavy (non-hydrogen) atoms. The molecule has 1 aliphatic carbocycles. The Kier molecular flexibility index (Phi) is 3.51. The van der Waals surface area contributed by atoms with Crippen molar-refractivity contribution < 1.29 is 0 Å². The lowest BCUT2D eigenvalue weighted by Crippen LogP contribution is -2.52. The molecule has 0 aromatic heterocycles. The third-order valence-corrected chi connectivity index (χ3v) is 2.18. The van der Waals surface area contributed by atoms with Crippen LogP contribution in [0.4, 0.5) is 0 Å². The standard InChI is InChI=1S/C9H17N3/c1-7(2)12-9-5-8(6-9)11-4-3-10/h7-9,11-12H,4-6H2,1-2H3. The summed E-state index contributed by atoms with van der Waals surface area (Å²) in [6, 6.07) is 3.90. The second-order valence-electron chi connectivity index (χ2n) is 3.73. The average molecular weight is 167 g/mol. The van der Waals surface area contributed by atoms with Gasteiger partial charge in [0.2, 0.25) is 0 Å². The van der Waals surface area contributed by atoms with E-state index in [4.69, 9.17) is 5.26 Å². The Balaban J connectivity index is 2.01. The van der Waals surface area contributed by atoms with Crippen LogP contribution >= 0.6 is 0 Å². The molecule has 0 spiro atoms. The van der Waals surface area contributed by atoms with E-state index in [1.54, 1.807) is 0 Å². The van der Waals surface area contributed by atoms with Gasteiger partial charge >= 0.3 is 0 Å². The summed E-state index contributed by atoms with van der Waals surface area (Å²) in [4.78, 5) is 0. The number of rotatable bonds is 4. The van der Waals surface area contributed by atoms with Crippen LogP contribution < -0.4 is 10.6 Å². The maximum atomic E-state index is 8.32. The minimum absolute atomic E-state index is 0.485. The zero-order chi connectivity index (χ0) is 8.97. The van der Waals surface area contributed by atoms with Crippen molar-refractivity contribution in [1.82, 2.24) is 10.6 Å². The molecule has 68 valence electrons. The Morgan fingerprint density at radius 1 is 1.42 bits per heavy atom. The summed E-state index contributed by atoms with van der Waals surface area (Å²) in [6.45, 7) is 4.81. The van der Waals surface area contributed by atoms with Gasteiger partial charge in [0.05, 0.1) is 12.6 Å². The smallest absolute Gasteiger partial charge is 0.0843 e. The molecule has 1 fully saturated rings. The monoisotopic (exact) mass is 167 g/mol. The van der Waals surface area contributed by atoms with Crippen LogP contribution in [-0.2, 0) is 0 Å². The molecule has 0 aromatic rings. The molecule has 1 aliphatic rings. The second kappa shape index (κ2) is 4.44. The van der Waals surface area contributed by atoms with Gasteiger partial charge in [-0.05, 0) is 12.8 Å². The first-order valence-electron chi connectivity index (χ1n) is 4.58. The van der Waals surface area contributed by atoms with Gasteiger partial charge in [-0.1, -0.05) is 13.8 Å². The molecule has 0 heterocycles. The van der Waals surface area contributed by atoms with Crippen LogP contribution in [-0.4, -0.2) is 24.7 Å². The lowest BCUT2D eigenvalue weighted by molar-refractivity contribution is 0.243. The second-order valence-corrected chi connectivity index (χ2v) is 3.73. The van der Waals surface area contributed by atoms with Crippen LogP contribution in [0.5, 0.6) is 0 Å². The predicted molar refractivity (Wildman–Crippen MR) is 48.7 cm³/mol. The van der Waals surface area contributed by atoms with Crippen molar-refractivity contribution in [2.45, 2.75) is 44.8 Å². The van der Waals surface area contributed by atoms with Gasteiger partial charge in [-0.25, -0.2) is 0 Å². The van der Waals surface area contributed by atoms with Gasteiger partial charge in [-0.3, -0.25) is 0 Å². The van der Waals surface area contributed by atoms with Gasteiger partial charge < -0.3 is 10.6 Å². The highest BCUT2D eigenvalue weighted by Crippen LogP contribution is 2.19. The van der Waals surface area contributed by atoms with E-state index < -0.39 is 0 Å². The molecule has 0 unspecified atom stereocenters. The quantitative estimate of drug-likeness (QED) is 0.604. The van der Waals surface area contributed by atoms with Crippen molar-refractivity contribution in [2.24, 2.45) is 0 Å². The summed E-state index contributed by atoms with van der Waals surface area (Å²) in [5.41, 5.74) is 0. The Morgan fingerprint density at radius 3 is 2.58 bits per heavy atom. The maximum Gasteiger partial charge on any atom is 0.0843 e. The molecule has 0 radical (unpaired) electrons. The third-order valence-electron chi connectivity index (χ3n) is 2.18. The van der Waals surface area contributed by atoms with Gasteiger partial charge in [0, 0.05) is 18.1 Å². The molecule has 2 N–H and O–H groups in total. The van der Waals surface area contributed by atoms with Crippen LogP contribution in [0, 0.1) is 11.3 Å². The Bertz CT molecular complexity index is 165. The lowest BCUT2D eigenvalue weighted by Gasteiger charge is -2.37. The molecule has 1 rings (SSSR count). The summed E-state index contributed by atoms with van der Waals surface area (Å²) in [7, 11) is 0. The van der Waals surface area contributed by atoms with Gasteiger partial charge in [-0.2, -0.15) is 5.26 Å². The Labute approximate surface area is 74.1 Å². The molecule has 1 saturated carbocycles. The zero-order valence-corrected chi connectivity index (χ0v) is 7.80. The van der Waals surface area contributed by atoms with Gasteiger partial charge in [0.25, 0.3) is 0 Å². The first kappa shape index (κ1) is 9.50. The Hall–Kier alpha value is -0.590. The summed E-state index contributed by atoms with van der Waals surface area (Å²) in [6.07, 6.45) is 2.33. The minimum atomic E-state index is 0.485. The van der Waals surface area contributed by atoms with Crippen molar-refractivity contribution in [1.29, 1.82) is 5.26 Å². The summed E-state index contributed by atoms with van der Waals surface area (Å²) < 4.78 is 0. The first-order chi connectivity index (χ1) is 5.72. The van der Waals surface area contributed by atoms with Crippen molar-refractivity contribution in [3.8, 4) is 6.07 Å². The molecule has 3 heteroatoms. The van der Waals surface area contributed by atoms with E-state index >= 15 is 0 Å². The zero-order valence-electron chi connectivity index (χ0n) is 7.80. The van der Waals surface area contributed by atoms with Crippen molar-refractivity contribution in [3.63, 3.8) is 0 Å². The van der Waals surface area contributed by atoms with Crippen molar-refractivity contribution >= 4 is 0 Å². The van der Waals surface area contributed by atoms with Crippen LogP contribution in [0.25, 0.3) is 0 Å². The highest BCUT2D eigenvalue weighted by atomic mass is 15.0. The van der Waals surface area contributed by atoms with E-state index in [2.05, 4.69) is 30.6 Å². The van der Waals surface area contributed by atoms with Gasteiger partial charge in [-0.15, -0.1) is 0 Å². The van der Waals surface area contributed by atoms with E-state index in [1.165, 1.54) is 12.8 Å². The molecule has 0 atom stereocenters. The summed E-state index contributed by atoms with van der Waals surface area (Å²) in [5, 5.41) is 15.0. The van der Waals surface area contributed by atoms with Gasteiger partial charge in [0.15, 0.2) is 0 Å². The van der Waals surface area contributed by atoms with E-state index in [-0.39, 0.29) is 0 Å². The molecule has 0 bridgehead atoms. The Morgan fingerprint density at radius 2 is 2.08 bits per heavy atom.